The Morgan fingerprint density at radius 3 is 2.35 bits per heavy atom. The minimum atomic E-state index is 0.0737. The number of hydrogen-bond acceptors (Lipinski definition) is 1. The van der Waals surface area contributed by atoms with E-state index in [0.29, 0.717) is 0 Å². The third kappa shape index (κ3) is 8.73. The first-order valence-electron chi connectivity index (χ1n) is 6.72. The molecule has 2 heteroatoms. The number of allylic oxidation sites excluding steroid dienone is 3. The quantitative estimate of drug-likeness (QED) is 0.455. The first-order chi connectivity index (χ1) is 8.11. The van der Waals surface area contributed by atoms with Crippen LogP contribution in [0.3, 0.4) is 0 Å². The van der Waals surface area contributed by atoms with Gasteiger partial charge in [-0.3, -0.25) is 4.79 Å². The van der Waals surface area contributed by atoms with Crippen LogP contribution in [0.2, 0.25) is 0 Å². The topological polar surface area (TPSA) is 20.3 Å². The predicted molar refractivity (Wildman–Crippen MR) is 74.7 cm³/mol. The van der Waals surface area contributed by atoms with Crippen LogP contribution in [-0.2, 0) is 4.79 Å². The van der Waals surface area contributed by atoms with E-state index in [4.69, 9.17) is 0 Å². The van der Waals surface area contributed by atoms with Gasteiger partial charge in [-0.25, -0.2) is 0 Å². The molecule has 0 aliphatic heterocycles. The summed E-state index contributed by atoms with van der Waals surface area (Å²) < 4.78 is 0. The van der Waals surface area contributed by atoms with Gasteiger partial charge in [0.25, 0.3) is 0 Å². The molecule has 0 unspecified atom stereocenters. The monoisotopic (exact) mass is 237 g/mol. The van der Waals surface area contributed by atoms with Crippen LogP contribution in [0.4, 0.5) is 0 Å². The molecular weight excluding hydrogens is 210 g/mol. The number of carbonyl (C=O) groups excluding carboxylic acids is 1. The SMILES string of the molecule is CCCC/C=C(/C=C/N(C)C(C)=O)CCCC. The summed E-state index contributed by atoms with van der Waals surface area (Å²) in [6.45, 7) is 5.99. The van der Waals surface area contributed by atoms with E-state index in [1.54, 1.807) is 18.9 Å². The molecule has 0 saturated heterocycles. The first-order valence-corrected chi connectivity index (χ1v) is 6.72. The summed E-state index contributed by atoms with van der Waals surface area (Å²) in [6.07, 6.45) is 13.4. The molecule has 0 atom stereocenters. The van der Waals surface area contributed by atoms with Gasteiger partial charge in [0.15, 0.2) is 0 Å². The van der Waals surface area contributed by atoms with Crippen LogP contribution in [0.5, 0.6) is 0 Å². The fourth-order valence-corrected chi connectivity index (χ4v) is 1.44. The lowest BCUT2D eigenvalue weighted by atomic mass is 10.1. The minimum absolute atomic E-state index is 0.0737. The molecular formula is C15H27NO. The second kappa shape index (κ2) is 10.1. The molecule has 0 saturated carbocycles. The van der Waals surface area contributed by atoms with Gasteiger partial charge in [0.2, 0.25) is 5.91 Å². The molecule has 98 valence electrons. The molecule has 17 heavy (non-hydrogen) atoms. The van der Waals surface area contributed by atoms with Crippen LogP contribution >= 0.6 is 0 Å². The molecule has 0 spiro atoms. The van der Waals surface area contributed by atoms with Gasteiger partial charge >= 0.3 is 0 Å². The lowest BCUT2D eigenvalue weighted by Crippen LogP contribution is -2.16. The molecule has 1 amide bonds. The second-order valence-corrected chi connectivity index (χ2v) is 4.47. The number of nitrogens with zero attached hydrogens (tertiary/aromatic N) is 1. The van der Waals surface area contributed by atoms with Crippen molar-refractivity contribution in [3.05, 3.63) is 23.9 Å². The zero-order valence-corrected chi connectivity index (χ0v) is 11.8. The molecule has 0 heterocycles. The van der Waals surface area contributed by atoms with Gasteiger partial charge in [0.05, 0.1) is 0 Å². The van der Waals surface area contributed by atoms with Crippen molar-refractivity contribution in [1.29, 1.82) is 0 Å². The van der Waals surface area contributed by atoms with E-state index in [9.17, 15) is 4.79 Å². The Labute approximate surface area is 106 Å². The van der Waals surface area contributed by atoms with Crippen LogP contribution in [0.15, 0.2) is 23.9 Å². The highest BCUT2D eigenvalue weighted by Crippen LogP contribution is 2.12. The maximum atomic E-state index is 11.1. The number of rotatable bonds is 8. The predicted octanol–water partition coefficient (Wildman–Crippen LogP) is 4.29. The standard InChI is InChI=1S/C15H27NO/c1-5-7-9-11-15(10-8-6-2)12-13-16(4)14(3)17/h11-13H,5-10H2,1-4H3/b13-12+,15-11+. The lowest BCUT2D eigenvalue weighted by molar-refractivity contribution is -0.125. The van der Waals surface area contributed by atoms with E-state index < -0.39 is 0 Å². The average molecular weight is 237 g/mol. The number of amides is 1. The van der Waals surface area contributed by atoms with Crippen molar-refractivity contribution >= 4 is 5.91 Å². The van der Waals surface area contributed by atoms with E-state index in [1.807, 2.05) is 6.20 Å². The van der Waals surface area contributed by atoms with E-state index >= 15 is 0 Å². The Hall–Kier alpha value is -1.05. The van der Waals surface area contributed by atoms with Gasteiger partial charge < -0.3 is 4.90 Å². The molecule has 0 aliphatic rings. The van der Waals surface area contributed by atoms with Crippen molar-refractivity contribution in [3.63, 3.8) is 0 Å². The third-order valence-corrected chi connectivity index (χ3v) is 2.79. The zero-order valence-electron chi connectivity index (χ0n) is 11.8. The van der Waals surface area contributed by atoms with Crippen molar-refractivity contribution in [1.82, 2.24) is 4.90 Å². The molecule has 2 nitrogen and oxygen atoms in total. The third-order valence-electron chi connectivity index (χ3n) is 2.79. The van der Waals surface area contributed by atoms with Gasteiger partial charge in [-0.2, -0.15) is 0 Å². The zero-order chi connectivity index (χ0) is 13.1. The maximum absolute atomic E-state index is 11.1. The van der Waals surface area contributed by atoms with Crippen molar-refractivity contribution in [2.24, 2.45) is 0 Å². The van der Waals surface area contributed by atoms with Crippen LogP contribution in [0, 0.1) is 0 Å². The molecule has 0 rings (SSSR count). The maximum Gasteiger partial charge on any atom is 0.223 e. The number of carbonyl (C=O) groups is 1. The fraction of sp³-hybridized carbons (Fsp3) is 0.667. The van der Waals surface area contributed by atoms with Gasteiger partial charge in [0, 0.05) is 20.2 Å². The smallest absolute Gasteiger partial charge is 0.223 e. The minimum Gasteiger partial charge on any atom is -0.322 e. The summed E-state index contributed by atoms with van der Waals surface area (Å²) in [6, 6.07) is 0. The first kappa shape index (κ1) is 16.0. The molecule has 0 radical (unpaired) electrons. The largest absolute Gasteiger partial charge is 0.322 e. The summed E-state index contributed by atoms with van der Waals surface area (Å²) in [5.41, 5.74) is 1.36. The Morgan fingerprint density at radius 1 is 1.18 bits per heavy atom. The highest BCUT2D eigenvalue weighted by Gasteiger charge is 1.97. The molecule has 0 fully saturated rings. The Balaban J connectivity index is 4.35. The van der Waals surface area contributed by atoms with E-state index in [0.717, 1.165) is 12.8 Å². The lowest BCUT2D eigenvalue weighted by Gasteiger charge is -2.09. The van der Waals surface area contributed by atoms with Crippen LogP contribution in [-0.4, -0.2) is 17.9 Å². The van der Waals surface area contributed by atoms with Gasteiger partial charge in [-0.05, 0) is 25.3 Å². The summed E-state index contributed by atoms with van der Waals surface area (Å²) in [4.78, 5) is 12.7. The molecule has 0 bridgehead atoms. The summed E-state index contributed by atoms with van der Waals surface area (Å²) >= 11 is 0. The van der Waals surface area contributed by atoms with Gasteiger partial charge in [0.1, 0.15) is 0 Å². The molecule has 0 aromatic rings. The molecule has 0 aromatic heterocycles. The van der Waals surface area contributed by atoms with Crippen LogP contribution in [0.25, 0.3) is 0 Å². The number of hydrogen-bond donors (Lipinski definition) is 0. The van der Waals surface area contributed by atoms with E-state index in [-0.39, 0.29) is 5.91 Å². The summed E-state index contributed by atoms with van der Waals surface area (Å²) in [5.74, 6) is 0.0737. The van der Waals surface area contributed by atoms with Crippen molar-refractivity contribution < 1.29 is 4.79 Å². The average Bonchev–Trinajstić information content (AvgIpc) is 2.31. The van der Waals surface area contributed by atoms with Crippen molar-refractivity contribution in [2.45, 2.75) is 59.3 Å². The second-order valence-electron chi connectivity index (χ2n) is 4.47. The Bertz CT molecular complexity index is 266. The van der Waals surface area contributed by atoms with E-state index in [1.165, 1.54) is 31.3 Å². The van der Waals surface area contributed by atoms with Gasteiger partial charge in [-0.15, -0.1) is 0 Å². The van der Waals surface area contributed by atoms with E-state index in [2.05, 4.69) is 26.0 Å². The van der Waals surface area contributed by atoms with Crippen molar-refractivity contribution in [2.75, 3.05) is 7.05 Å². The Kier molecular flexibility index (Phi) is 9.50. The van der Waals surface area contributed by atoms with Gasteiger partial charge in [-0.1, -0.05) is 44.8 Å². The highest BCUT2D eigenvalue weighted by atomic mass is 16.2. The summed E-state index contributed by atoms with van der Waals surface area (Å²) in [5, 5.41) is 0. The summed E-state index contributed by atoms with van der Waals surface area (Å²) in [7, 11) is 1.79. The van der Waals surface area contributed by atoms with Crippen molar-refractivity contribution in [3.8, 4) is 0 Å². The highest BCUT2D eigenvalue weighted by molar-refractivity contribution is 5.73. The fourth-order valence-electron chi connectivity index (χ4n) is 1.44. The Morgan fingerprint density at radius 2 is 1.82 bits per heavy atom. The normalized spacial score (nSPS) is 12.1. The molecule has 0 aromatic carbocycles. The molecule has 0 N–H and O–H groups in total. The van der Waals surface area contributed by atoms with Crippen LogP contribution < -0.4 is 0 Å². The molecule has 0 aliphatic carbocycles. The number of unbranched alkanes of at least 4 members (excludes halogenated alkanes) is 3. The van der Waals surface area contributed by atoms with Crippen LogP contribution in [0.1, 0.15) is 59.3 Å².